The lowest BCUT2D eigenvalue weighted by Gasteiger charge is -2.25. The Kier molecular flexibility index (Phi) is 3.83. The molecular weight excluding hydrogens is 354 g/mol. The maximum Gasteiger partial charge on any atom is 0.219 e. The Balaban J connectivity index is 1.76. The summed E-state index contributed by atoms with van der Waals surface area (Å²) in [6.07, 6.45) is 0.860. The zero-order valence-electron chi connectivity index (χ0n) is 15.1. The fourth-order valence-electron chi connectivity index (χ4n) is 3.81. The molecule has 4 nitrogen and oxygen atoms in total. The average Bonchev–Trinajstić information content (AvgIpc) is 3.24. The first-order valence-electron chi connectivity index (χ1n) is 9.11. The van der Waals surface area contributed by atoms with Gasteiger partial charge in [-0.1, -0.05) is 72.0 Å². The number of imidazole rings is 1. The van der Waals surface area contributed by atoms with E-state index in [4.69, 9.17) is 4.98 Å². The molecule has 1 amide bonds. The van der Waals surface area contributed by atoms with Crippen LogP contribution in [0.15, 0.2) is 60.7 Å². The van der Waals surface area contributed by atoms with Crippen LogP contribution in [0, 0.1) is 0 Å². The average molecular weight is 373 g/mol. The summed E-state index contributed by atoms with van der Waals surface area (Å²) in [5.41, 5.74) is 5.75. The van der Waals surface area contributed by atoms with Crippen LogP contribution in [0.25, 0.3) is 27.5 Å². The van der Waals surface area contributed by atoms with Crippen LogP contribution in [-0.2, 0) is 17.8 Å². The Morgan fingerprint density at radius 1 is 1.00 bits per heavy atom. The summed E-state index contributed by atoms with van der Waals surface area (Å²) in [7, 11) is 0. The van der Waals surface area contributed by atoms with E-state index in [2.05, 4.69) is 52.9 Å². The third kappa shape index (κ3) is 2.66. The third-order valence-electron chi connectivity index (χ3n) is 5.15. The van der Waals surface area contributed by atoms with Gasteiger partial charge in [-0.25, -0.2) is 4.98 Å². The third-order valence-corrected chi connectivity index (χ3v) is 6.21. The number of hydrogen-bond donors (Lipinski definition) is 0. The molecule has 0 aliphatic carbocycles. The molecule has 3 heterocycles. The van der Waals surface area contributed by atoms with Gasteiger partial charge in [-0.05, 0) is 0 Å². The lowest BCUT2D eigenvalue weighted by atomic mass is 10.0. The fraction of sp³-hybridized carbons (Fsp3) is 0.182. The molecule has 0 bridgehead atoms. The first kappa shape index (κ1) is 16.3. The van der Waals surface area contributed by atoms with E-state index in [0.29, 0.717) is 6.54 Å². The molecule has 0 saturated carbocycles. The molecule has 0 spiro atoms. The predicted molar refractivity (Wildman–Crippen MR) is 109 cm³/mol. The second kappa shape index (κ2) is 6.35. The molecular formula is C22H19N3OS. The molecule has 5 rings (SSSR count). The molecule has 134 valence electrons. The molecule has 0 radical (unpaired) electrons. The molecule has 1 aliphatic rings. The van der Waals surface area contributed by atoms with Crippen molar-refractivity contribution in [2.45, 2.75) is 19.9 Å². The standard InChI is InChI=1S/C22H19N3OS/c1-15(26)24-13-12-18-19(14-24)27-22-23-20(16-8-4-2-5-9-16)21(25(18)22)17-10-6-3-7-11-17/h2-11H,12-14H2,1H3. The van der Waals surface area contributed by atoms with Crippen molar-refractivity contribution >= 4 is 22.2 Å². The number of rotatable bonds is 2. The van der Waals surface area contributed by atoms with Gasteiger partial charge in [0, 0.05) is 41.6 Å². The van der Waals surface area contributed by atoms with Crippen molar-refractivity contribution in [2.75, 3.05) is 6.54 Å². The number of thiazole rings is 1. The molecule has 4 aromatic rings. The van der Waals surface area contributed by atoms with Gasteiger partial charge in [0.05, 0.1) is 17.9 Å². The van der Waals surface area contributed by atoms with E-state index in [1.54, 1.807) is 18.3 Å². The first-order chi connectivity index (χ1) is 13.2. The largest absolute Gasteiger partial charge is 0.337 e. The first-order valence-corrected chi connectivity index (χ1v) is 9.93. The summed E-state index contributed by atoms with van der Waals surface area (Å²) in [5.74, 6) is 0.139. The number of fused-ring (bicyclic) bond motifs is 3. The van der Waals surface area contributed by atoms with Crippen LogP contribution >= 0.6 is 11.3 Å². The minimum atomic E-state index is 0.139. The molecule has 5 heteroatoms. The fourth-order valence-corrected chi connectivity index (χ4v) is 4.99. The Morgan fingerprint density at radius 3 is 2.33 bits per heavy atom. The van der Waals surface area contributed by atoms with E-state index < -0.39 is 0 Å². The lowest BCUT2D eigenvalue weighted by molar-refractivity contribution is -0.129. The van der Waals surface area contributed by atoms with Crippen LogP contribution in [0.5, 0.6) is 0 Å². The van der Waals surface area contributed by atoms with Crippen molar-refractivity contribution in [1.29, 1.82) is 0 Å². The maximum absolute atomic E-state index is 11.8. The Labute approximate surface area is 161 Å². The summed E-state index contributed by atoms with van der Waals surface area (Å²) in [5, 5.41) is 0. The Morgan fingerprint density at radius 2 is 1.67 bits per heavy atom. The Bertz CT molecular complexity index is 1130. The van der Waals surface area contributed by atoms with Crippen molar-refractivity contribution < 1.29 is 4.79 Å². The summed E-state index contributed by atoms with van der Waals surface area (Å²) in [6.45, 7) is 3.10. The zero-order valence-corrected chi connectivity index (χ0v) is 15.9. The van der Waals surface area contributed by atoms with Crippen LogP contribution in [-0.4, -0.2) is 26.7 Å². The normalized spacial score (nSPS) is 13.7. The molecule has 0 atom stereocenters. The number of carbonyl (C=O) groups excluding carboxylic acids is 1. The van der Waals surface area contributed by atoms with E-state index >= 15 is 0 Å². The highest BCUT2D eigenvalue weighted by atomic mass is 32.1. The predicted octanol–water partition coefficient (Wildman–Crippen LogP) is 4.63. The minimum absolute atomic E-state index is 0.139. The maximum atomic E-state index is 11.8. The van der Waals surface area contributed by atoms with E-state index in [1.165, 1.54) is 16.1 Å². The van der Waals surface area contributed by atoms with E-state index in [0.717, 1.165) is 34.9 Å². The van der Waals surface area contributed by atoms with Crippen molar-refractivity contribution in [3.63, 3.8) is 0 Å². The zero-order chi connectivity index (χ0) is 18.4. The van der Waals surface area contributed by atoms with Gasteiger partial charge in [0.25, 0.3) is 0 Å². The van der Waals surface area contributed by atoms with Gasteiger partial charge in [0.2, 0.25) is 5.91 Å². The molecule has 0 fully saturated rings. The van der Waals surface area contributed by atoms with Gasteiger partial charge >= 0.3 is 0 Å². The van der Waals surface area contributed by atoms with Crippen molar-refractivity contribution in [1.82, 2.24) is 14.3 Å². The Hall–Kier alpha value is -2.92. The van der Waals surface area contributed by atoms with Crippen molar-refractivity contribution in [3.8, 4) is 22.5 Å². The van der Waals surface area contributed by atoms with Gasteiger partial charge in [-0.15, -0.1) is 0 Å². The molecule has 1 aliphatic heterocycles. The van der Waals surface area contributed by atoms with Gasteiger partial charge in [0.15, 0.2) is 4.96 Å². The van der Waals surface area contributed by atoms with Crippen molar-refractivity contribution in [3.05, 3.63) is 71.2 Å². The van der Waals surface area contributed by atoms with E-state index in [9.17, 15) is 4.79 Å². The monoisotopic (exact) mass is 373 g/mol. The smallest absolute Gasteiger partial charge is 0.219 e. The molecule has 2 aromatic carbocycles. The second-order valence-corrected chi connectivity index (χ2v) is 7.88. The van der Waals surface area contributed by atoms with E-state index in [-0.39, 0.29) is 5.91 Å². The lowest BCUT2D eigenvalue weighted by Crippen LogP contribution is -2.34. The second-order valence-electron chi connectivity index (χ2n) is 6.82. The van der Waals surface area contributed by atoms with Crippen LogP contribution < -0.4 is 0 Å². The highest BCUT2D eigenvalue weighted by molar-refractivity contribution is 7.17. The summed E-state index contributed by atoms with van der Waals surface area (Å²) < 4.78 is 2.31. The SMILES string of the molecule is CC(=O)N1CCc2c(sc3nc(-c4ccccc4)c(-c4ccccc4)n23)C1. The van der Waals surface area contributed by atoms with Crippen LogP contribution in [0.2, 0.25) is 0 Å². The number of carbonyl (C=O) groups is 1. The summed E-state index contributed by atoms with van der Waals surface area (Å²) in [6, 6.07) is 20.8. The molecule has 0 unspecified atom stereocenters. The van der Waals surface area contributed by atoms with E-state index in [1.807, 2.05) is 17.0 Å². The summed E-state index contributed by atoms with van der Waals surface area (Å²) in [4.78, 5) is 21.0. The van der Waals surface area contributed by atoms with Crippen molar-refractivity contribution in [2.24, 2.45) is 0 Å². The van der Waals surface area contributed by atoms with Crippen LogP contribution in [0.1, 0.15) is 17.5 Å². The molecule has 0 N–H and O–H groups in total. The highest BCUT2D eigenvalue weighted by Crippen LogP contribution is 2.38. The number of amides is 1. The molecule has 0 saturated heterocycles. The number of hydrogen-bond acceptors (Lipinski definition) is 3. The quantitative estimate of drug-likeness (QED) is 0.514. The van der Waals surface area contributed by atoms with Gasteiger partial charge < -0.3 is 4.90 Å². The number of aromatic nitrogens is 2. The number of benzene rings is 2. The summed E-state index contributed by atoms with van der Waals surface area (Å²) >= 11 is 1.70. The number of nitrogens with zero attached hydrogens (tertiary/aromatic N) is 3. The highest BCUT2D eigenvalue weighted by Gasteiger charge is 2.27. The van der Waals surface area contributed by atoms with Crippen LogP contribution in [0.4, 0.5) is 0 Å². The molecule has 2 aromatic heterocycles. The van der Waals surface area contributed by atoms with Gasteiger partial charge in [-0.3, -0.25) is 9.20 Å². The van der Waals surface area contributed by atoms with Crippen LogP contribution in [0.3, 0.4) is 0 Å². The van der Waals surface area contributed by atoms with Gasteiger partial charge in [-0.2, -0.15) is 0 Å². The molecule has 27 heavy (non-hydrogen) atoms. The van der Waals surface area contributed by atoms with Gasteiger partial charge in [0.1, 0.15) is 0 Å². The minimum Gasteiger partial charge on any atom is -0.337 e. The topological polar surface area (TPSA) is 37.6 Å².